The number of fused-ring (bicyclic) bond motifs is 1. The zero-order valence-corrected chi connectivity index (χ0v) is 26.6. The van der Waals surface area contributed by atoms with Gasteiger partial charge in [-0.2, -0.15) is 4.31 Å². The Kier molecular flexibility index (Phi) is 12.0. The first-order valence-electron chi connectivity index (χ1n) is 15.2. The third kappa shape index (κ3) is 9.56. The van der Waals surface area contributed by atoms with Crippen LogP contribution in [0.15, 0.2) is 71.6 Å². The van der Waals surface area contributed by atoms with Crippen molar-refractivity contribution in [3.05, 3.63) is 83.7 Å². The van der Waals surface area contributed by atoms with Crippen molar-refractivity contribution in [3.63, 3.8) is 0 Å². The monoisotopic (exact) mass is 642 g/mol. The van der Waals surface area contributed by atoms with Gasteiger partial charge in [-0.05, 0) is 84.8 Å². The van der Waals surface area contributed by atoms with Gasteiger partial charge in [-0.15, -0.1) is 0 Å². The number of aliphatic hydroxyl groups is 1. The summed E-state index contributed by atoms with van der Waals surface area (Å²) in [6, 6.07) is 16.7. The quantitative estimate of drug-likeness (QED) is 0.146. The van der Waals surface area contributed by atoms with E-state index in [0.717, 1.165) is 11.1 Å². The standard InChI is InChI=1S/C33H43FN4O6S/c1-24(2)16-18-38(45(41,42)30-13-11-28(35)12-14-30)29(22-39)5-3-4-17-36-33(40)37(20-25-6-9-27(34)10-7-25)21-26-8-15-31-32(19-26)44-23-43-31/h6-15,19,24,29,39H,3-5,16-18,20-23,35H2,1-2H3,(H,36,40)/t29-/m0/s1. The summed E-state index contributed by atoms with van der Waals surface area (Å²) in [6.07, 6.45) is 2.24. The van der Waals surface area contributed by atoms with Crippen molar-refractivity contribution in [1.29, 1.82) is 0 Å². The Balaban J connectivity index is 1.36. The molecule has 1 aliphatic heterocycles. The summed E-state index contributed by atoms with van der Waals surface area (Å²) >= 11 is 0. The van der Waals surface area contributed by atoms with Crippen molar-refractivity contribution in [3.8, 4) is 11.5 Å². The molecule has 0 unspecified atom stereocenters. The van der Waals surface area contributed by atoms with Gasteiger partial charge >= 0.3 is 6.03 Å². The highest BCUT2D eigenvalue weighted by Crippen LogP contribution is 2.33. The van der Waals surface area contributed by atoms with Gasteiger partial charge < -0.3 is 30.5 Å². The van der Waals surface area contributed by atoms with Crippen molar-refractivity contribution in [2.45, 2.75) is 63.6 Å². The molecule has 1 heterocycles. The van der Waals surface area contributed by atoms with E-state index in [4.69, 9.17) is 15.2 Å². The van der Waals surface area contributed by atoms with Gasteiger partial charge in [0.25, 0.3) is 0 Å². The summed E-state index contributed by atoms with van der Waals surface area (Å²) in [5.74, 6) is 1.20. The smallest absolute Gasteiger partial charge is 0.318 e. The van der Waals surface area contributed by atoms with E-state index in [-0.39, 0.29) is 49.2 Å². The predicted molar refractivity (Wildman–Crippen MR) is 171 cm³/mol. The van der Waals surface area contributed by atoms with Crippen LogP contribution in [0.4, 0.5) is 14.9 Å². The minimum atomic E-state index is -3.86. The van der Waals surface area contributed by atoms with Gasteiger partial charge in [0.1, 0.15) is 5.82 Å². The minimum Gasteiger partial charge on any atom is -0.454 e. The molecule has 1 atom stereocenters. The van der Waals surface area contributed by atoms with Gasteiger partial charge in [0.15, 0.2) is 11.5 Å². The number of anilines is 1. The Hall–Kier alpha value is -3.87. The number of nitrogen functional groups attached to an aromatic ring is 1. The maximum Gasteiger partial charge on any atom is 0.318 e. The van der Waals surface area contributed by atoms with E-state index < -0.39 is 16.1 Å². The van der Waals surface area contributed by atoms with Crippen LogP contribution in [0.1, 0.15) is 50.7 Å². The van der Waals surface area contributed by atoms with Crippen LogP contribution in [0.5, 0.6) is 11.5 Å². The van der Waals surface area contributed by atoms with E-state index in [0.29, 0.717) is 56.0 Å². The number of benzene rings is 3. The number of rotatable bonds is 16. The number of hydrogen-bond acceptors (Lipinski definition) is 7. The first-order valence-corrected chi connectivity index (χ1v) is 16.6. The molecule has 1 aliphatic rings. The molecule has 45 heavy (non-hydrogen) atoms. The maximum absolute atomic E-state index is 13.6. The van der Waals surface area contributed by atoms with Crippen LogP contribution in [-0.4, -0.2) is 61.3 Å². The second kappa shape index (κ2) is 15.9. The summed E-state index contributed by atoms with van der Waals surface area (Å²) in [6.45, 7) is 5.08. The highest BCUT2D eigenvalue weighted by Gasteiger charge is 2.31. The first-order chi connectivity index (χ1) is 21.6. The molecular formula is C33H43FN4O6S. The van der Waals surface area contributed by atoms with Gasteiger partial charge in [0.2, 0.25) is 16.8 Å². The fourth-order valence-electron chi connectivity index (χ4n) is 5.07. The Labute approximate surface area is 265 Å². The summed E-state index contributed by atoms with van der Waals surface area (Å²) < 4.78 is 52.9. The highest BCUT2D eigenvalue weighted by atomic mass is 32.2. The Morgan fingerprint density at radius 3 is 2.31 bits per heavy atom. The van der Waals surface area contributed by atoms with Gasteiger partial charge in [0, 0.05) is 37.9 Å². The van der Waals surface area contributed by atoms with Crippen LogP contribution in [0.25, 0.3) is 0 Å². The summed E-state index contributed by atoms with van der Waals surface area (Å²) in [4.78, 5) is 15.1. The van der Waals surface area contributed by atoms with E-state index >= 15 is 0 Å². The molecule has 10 nitrogen and oxygen atoms in total. The van der Waals surface area contributed by atoms with E-state index in [2.05, 4.69) is 5.32 Å². The number of aliphatic hydroxyl groups excluding tert-OH is 1. The number of carbonyl (C=O) groups excluding carboxylic acids is 1. The number of hydrogen-bond donors (Lipinski definition) is 3. The lowest BCUT2D eigenvalue weighted by Gasteiger charge is -2.30. The molecule has 4 N–H and O–H groups in total. The highest BCUT2D eigenvalue weighted by molar-refractivity contribution is 7.89. The number of nitrogens with zero attached hydrogens (tertiary/aromatic N) is 2. The average molecular weight is 643 g/mol. The number of nitrogens with two attached hydrogens (primary N) is 1. The molecule has 0 fully saturated rings. The van der Waals surface area contributed by atoms with Crippen LogP contribution >= 0.6 is 0 Å². The van der Waals surface area contributed by atoms with Crippen LogP contribution in [0.3, 0.4) is 0 Å². The molecular weight excluding hydrogens is 599 g/mol. The Bertz CT molecular complexity index is 1500. The molecule has 0 radical (unpaired) electrons. The van der Waals surface area contributed by atoms with Crippen LogP contribution in [-0.2, 0) is 23.1 Å². The third-order valence-electron chi connectivity index (χ3n) is 7.66. The van der Waals surface area contributed by atoms with E-state index in [1.165, 1.54) is 28.6 Å². The van der Waals surface area contributed by atoms with Crippen molar-refractivity contribution in [2.75, 3.05) is 32.2 Å². The second-order valence-corrected chi connectivity index (χ2v) is 13.5. The number of amides is 2. The molecule has 0 aliphatic carbocycles. The molecule has 3 aromatic carbocycles. The number of nitrogens with one attached hydrogen (secondary N) is 1. The van der Waals surface area contributed by atoms with Gasteiger partial charge in [-0.25, -0.2) is 17.6 Å². The van der Waals surface area contributed by atoms with Crippen LogP contribution < -0.4 is 20.5 Å². The zero-order chi connectivity index (χ0) is 32.4. The number of ether oxygens (including phenoxy) is 2. The predicted octanol–water partition coefficient (Wildman–Crippen LogP) is 5.12. The number of unbranched alkanes of at least 4 members (excludes halogenated alkanes) is 1. The Morgan fingerprint density at radius 2 is 1.62 bits per heavy atom. The summed E-state index contributed by atoms with van der Waals surface area (Å²) in [7, 11) is -3.86. The second-order valence-electron chi connectivity index (χ2n) is 11.6. The van der Waals surface area contributed by atoms with Gasteiger partial charge in [0.05, 0.1) is 11.5 Å². The number of sulfonamides is 1. The zero-order valence-electron chi connectivity index (χ0n) is 25.8. The molecule has 0 spiro atoms. The fraction of sp³-hybridized carbons (Fsp3) is 0.424. The molecule has 244 valence electrons. The number of halogens is 1. The number of carbonyl (C=O) groups is 1. The minimum absolute atomic E-state index is 0.134. The fourth-order valence-corrected chi connectivity index (χ4v) is 6.73. The third-order valence-corrected chi connectivity index (χ3v) is 9.62. The molecule has 0 aromatic heterocycles. The lowest BCUT2D eigenvalue weighted by Crippen LogP contribution is -2.43. The largest absolute Gasteiger partial charge is 0.454 e. The summed E-state index contributed by atoms with van der Waals surface area (Å²) in [5.41, 5.74) is 7.86. The Morgan fingerprint density at radius 1 is 0.956 bits per heavy atom. The van der Waals surface area contributed by atoms with Crippen molar-refractivity contribution < 1.29 is 32.2 Å². The molecule has 0 bridgehead atoms. The van der Waals surface area contributed by atoms with Crippen molar-refractivity contribution in [2.24, 2.45) is 5.92 Å². The normalized spacial score (nSPS) is 13.3. The van der Waals surface area contributed by atoms with Gasteiger partial charge in [-0.1, -0.05) is 38.5 Å². The first kappa shape index (κ1) is 34.0. The van der Waals surface area contributed by atoms with Crippen LogP contribution in [0, 0.1) is 11.7 Å². The summed E-state index contributed by atoms with van der Waals surface area (Å²) in [5, 5.41) is 13.2. The van der Waals surface area contributed by atoms with Crippen molar-refractivity contribution in [1.82, 2.24) is 14.5 Å². The van der Waals surface area contributed by atoms with Crippen molar-refractivity contribution >= 4 is 21.7 Å². The molecule has 12 heteroatoms. The molecule has 0 saturated carbocycles. The average Bonchev–Trinajstić information content (AvgIpc) is 3.48. The lowest BCUT2D eigenvalue weighted by atomic mass is 10.1. The van der Waals surface area contributed by atoms with E-state index in [1.807, 2.05) is 26.0 Å². The topological polar surface area (TPSA) is 134 Å². The SMILES string of the molecule is CC(C)CCN([C@H](CO)CCCCNC(=O)N(Cc1ccc(F)cc1)Cc1ccc2c(c1)OCO2)S(=O)(=O)c1ccc(N)cc1. The maximum atomic E-state index is 13.6. The van der Waals surface area contributed by atoms with Gasteiger partial charge in [-0.3, -0.25) is 0 Å². The molecule has 4 rings (SSSR count). The molecule has 3 aromatic rings. The molecule has 0 saturated heterocycles. The van der Waals surface area contributed by atoms with E-state index in [1.54, 1.807) is 35.2 Å². The van der Waals surface area contributed by atoms with E-state index in [9.17, 15) is 22.7 Å². The van der Waals surface area contributed by atoms with Crippen LogP contribution in [0.2, 0.25) is 0 Å². The molecule has 2 amide bonds. The lowest BCUT2D eigenvalue weighted by molar-refractivity contribution is 0.172. The number of urea groups is 1.